The SMILES string of the molecule is C#CCOC(=O)c1cc(Cl)c(Cl)c(-c2cc3ccccc3oc2=O)c1. The van der Waals surface area contributed by atoms with Crippen LogP contribution in [0.5, 0.6) is 0 Å². The molecule has 3 aromatic rings. The minimum Gasteiger partial charge on any atom is -0.449 e. The van der Waals surface area contributed by atoms with E-state index in [4.69, 9.17) is 38.8 Å². The van der Waals surface area contributed by atoms with Crippen molar-refractivity contribution in [2.75, 3.05) is 6.61 Å². The van der Waals surface area contributed by atoms with E-state index in [1.165, 1.54) is 12.1 Å². The fraction of sp³-hybridized carbons (Fsp3) is 0.0526. The van der Waals surface area contributed by atoms with Gasteiger partial charge in [0, 0.05) is 10.9 Å². The molecule has 1 aromatic heterocycles. The number of rotatable bonds is 3. The highest BCUT2D eigenvalue weighted by Gasteiger charge is 2.18. The number of esters is 1. The molecule has 0 aliphatic heterocycles. The van der Waals surface area contributed by atoms with Crippen LogP contribution >= 0.6 is 23.2 Å². The van der Waals surface area contributed by atoms with Crippen LogP contribution in [0.2, 0.25) is 10.0 Å². The Morgan fingerprint density at radius 2 is 1.92 bits per heavy atom. The van der Waals surface area contributed by atoms with Gasteiger partial charge in [0.05, 0.1) is 21.2 Å². The van der Waals surface area contributed by atoms with Crippen molar-refractivity contribution in [1.29, 1.82) is 0 Å². The normalized spacial score (nSPS) is 10.4. The van der Waals surface area contributed by atoms with E-state index in [-0.39, 0.29) is 33.3 Å². The summed E-state index contributed by atoms with van der Waals surface area (Å²) in [5.41, 5.74) is 0.458. The third-order valence-electron chi connectivity index (χ3n) is 3.48. The molecule has 124 valence electrons. The topological polar surface area (TPSA) is 56.5 Å². The first-order chi connectivity index (χ1) is 12.0. The Balaban J connectivity index is 2.18. The molecule has 25 heavy (non-hydrogen) atoms. The van der Waals surface area contributed by atoms with Gasteiger partial charge in [-0.15, -0.1) is 6.42 Å². The van der Waals surface area contributed by atoms with E-state index in [1.54, 1.807) is 24.3 Å². The van der Waals surface area contributed by atoms with Gasteiger partial charge < -0.3 is 9.15 Å². The Hall–Kier alpha value is -2.74. The maximum Gasteiger partial charge on any atom is 0.344 e. The maximum atomic E-state index is 12.3. The monoisotopic (exact) mass is 372 g/mol. The number of benzene rings is 2. The van der Waals surface area contributed by atoms with Gasteiger partial charge in [-0.25, -0.2) is 9.59 Å². The number of carbonyl (C=O) groups excluding carboxylic acids is 1. The number of ether oxygens (including phenoxy) is 1. The van der Waals surface area contributed by atoms with Crippen molar-refractivity contribution >= 4 is 40.1 Å². The van der Waals surface area contributed by atoms with Gasteiger partial charge in [0.15, 0.2) is 6.61 Å². The average Bonchev–Trinajstić information content (AvgIpc) is 2.61. The summed E-state index contributed by atoms with van der Waals surface area (Å²) in [5.74, 6) is 1.54. The van der Waals surface area contributed by atoms with Gasteiger partial charge in [-0.1, -0.05) is 47.3 Å². The molecule has 0 aliphatic carbocycles. The lowest BCUT2D eigenvalue weighted by molar-refractivity contribution is 0.0557. The van der Waals surface area contributed by atoms with Crippen LogP contribution in [-0.4, -0.2) is 12.6 Å². The molecule has 0 saturated carbocycles. The molecule has 0 amide bonds. The van der Waals surface area contributed by atoms with E-state index in [1.807, 2.05) is 6.07 Å². The number of terminal acetylenes is 1. The fourth-order valence-electron chi connectivity index (χ4n) is 2.34. The molecule has 0 aliphatic rings. The maximum absolute atomic E-state index is 12.3. The molecule has 0 N–H and O–H groups in total. The average molecular weight is 373 g/mol. The second-order valence-electron chi connectivity index (χ2n) is 5.09. The van der Waals surface area contributed by atoms with Gasteiger partial charge in [-0.05, 0) is 24.3 Å². The Morgan fingerprint density at radius 1 is 1.16 bits per heavy atom. The van der Waals surface area contributed by atoms with Crippen LogP contribution < -0.4 is 5.63 Å². The van der Waals surface area contributed by atoms with Crippen molar-refractivity contribution < 1.29 is 13.9 Å². The molecule has 2 aromatic carbocycles. The first-order valence-electron chi connectivity index (χ1n) is 7.14. The lowest BCUT2D eigenvalue weighted by atomic mass is 10.0. The molecule has 0 saturated heterocycles. The Bertz CT molecular complexity index is 1080. The van der Waals surface area contributed by atoms with E-state index in [0.29, 0.717) is 11.0 Å². The molecular formula is C19H10Cl2O4. The summed E-state index contributed by atoms with van der Waals surface area (Å²) in [6.45, 7) is -0.174. The van der Waals surface area contributed by atoms with Gasteiger partial charge in [-0.3, -0.25) is 0 Å². The number of carbonyl (C=O) groups is 1. The molecule has 0 fully saturated rings. The van der Waals surface area contributed by atoms with Crippen molar-refractivity contribution in [3.8, 4) is 23.5 Å². The summed E-state index contributed by atoms with van der Waals surface area (Å²) in [5, 5.41) is 0.960. The quantitative estimate of drug-likeness (QED) is 0.384. The third-order valence-corrected chi connectivity index (χ3v) is 4.28. The first kappa shape index (κ1) is 17.1. The highest BCUT2D eigenvalue weighted by molar-refractivity contribution is 6.44. The lowest BCUT2D eigenvalue weighted by Crippen LogP contribution is -2.08. The van der Waals surface area contributed by atoms with Crippen LogP contribution in [-0.2, 0) is 4.74 Å². The van der Waals surface area contributed by atoms with Crippen LogP contribution in [0, 0.1) is 12.3 Å². The predicted molar refractivity (Wildman–Crippen MR) is 97.1 cm³/mol. The number of para-hydroxylation sites is 1. The molecule has 3 rings (SSSR count). The van der Waals surface area contributed by atoms with Crippen molar-refractivity contribution in [2.45, 2.75) is 0 Å². The summed E-state index contributed by atoms with van der Waals surface area (Å²) in [6.07, 6.45) is 5.07. The van der Waals surface area contributed by atoms with Gasteiger partial charge >= 0.3 is 11.6 Å². The van der Waals surface area contributed by atoms with Crippen molar-refractivity contribution in [3.63, 3.8) is 0 Å². The van der Waals surface area contributed by atoms with Crippen molar-refractivity contribution in [2.24, 2.45) is 0 Å². The van der Waals surface area contributed by atoms with Crippen LogP contribution in [0.1, 0.15) is 10.4 Å². The van der Waals surface area contributed by atoms with Crippen molar-refractivity contribution in [3.05, 3.63) is 68.5 Å². The Morgan fingerprint density at radius 3 is 2.68 bits per heavy atom. The van der Waals surface area contributed by atoms with Gasteiger partial charge in [-0.2, -0.15) is 0 Å². The summed E-state index contributed by atoms with van der Waals surface area (Å²) < 4.78 is 10.2. The van der Waals surface area contributed by atoms with E-state index >= 15 is 0 Å². The summed E-state index contributed by atoms with van der Waals surface area (Å²) in [4.78, 5) is 24.4. The van der Waals surface area contributed by atoms with Gasteiger partial charge in [0.2, 0.25) is 0 Å². The molecule has 0 bridgehead atoms. The number of hydrogen-bond acceptors (Lipinski definition) is 4. The van der Waals surface area contributed by atoms with E-state index in [9.17, 15) is 9.59 Å². The smallest absolute Gasteiger partial charge is 0.344 e. The highest BCUT2D eigenvalue weighted by atomic mass is 35.5. The molecule has 0 spiro atoms. The molecule has 0 radical (unpaired) electrons. The minimum atomic E-state index is -0.664. The number of halogens is 2. The van der Waals surface area contributed by atoms with E-state index < -0.39 is 11.6 Å². The first-order valence-corrected chi connectivity index (χ1v) is 7.89. The molecule has 6 heteroatoms. The van der Waals surface area contributed by atoms with Crippen LogP contribution in [0.25, 0.3) is 22.1 Å². The summed E-state index contributed by atoms with van der Waals surface area (Å²) in [6, 6.07) is 11.5. The Labute approximate surface area is 152 Å². The molecule has 4 nitrogen and oxygen atoms in total. The summed E-state index contributed by atoms with van der Waals surface area (Å²) in [7, 11) is 0. The second-order valence-corrected chi connectivity index (χ2v) is 5.87. The molecular weight excluding hydrogens is 363 g/mol. The number of fused-ring (bicyclic) bond motifs is 1. The second kappa shape index (κ2) is 7.02. The standard InChI is InChI=1S/C19H10Cl2O4/c1-2-7-24-18(22)12-9-13(17(21)15(20)10-12)14-8-11-5-3-4-6-16(11)25-19(14)23/h1,3-6,8-10H,7H2. The highest BCUT2D eigenvalue weighted by Crippen LogP contribution is 2.34. The zero-order valence-corrected chi connectivity index (χ0v) is 14.2. The van der Waals surface area contributed by atoms with Gasteiger partial charge in [0.1, 0.15) is 5.58 Å². The van der Waals surface area contributed by atoms with E-state index in [0.717, 1.165) is 0 Å². The van der Waals surface area contributed by atoms with E-state index in [2.05, 4.69) is 5.92 Å². The predicted octanol–water partition coefficient (Wildman–Crippen LogP) is 4.56. The molecule has 0 atom stereocenters. The zero-order chi connectivity index (χ0) is 18.0. The number of hydrogen-bond donors (Lipinski definition) is 0. The van der Waals surface area contributed by atoms with Gasteiger partial charge in [0.25, 0.3) is 0 Å². The largest absolute Gasteiger partial charge is 0.449 e. The fourth-order valence-corrected chi connectivity index (χ4v) is 2.77. The molecule has 1 heterocycles. The van der Waals surface area contributed by atoms with Crippen LogP contribution in [0.15, 0.2) is 51.7 Å². The van der Waals surface area contributed by atoms with Crippen LogP contribution in [0.3, 0.4) is 0 Å². The third kappa shape index (κ3) is 3.39. The van der Waals surface area contributed by atoms with Crippen LogP contribution in [0.4, 0.5) is 0 Å². The van der Waals surface area contributed by atoms with Crippen molar-refractivity contribution in [1.82, 2.24) is 0 Å². The molecule has 0 unspecified atom stereocenters. The zero-order valence-electron chi connectivity index (χ0n) is 12.7. The minimum absolute atomic E-state index is 0.111. The summed E-state index contributed by atoms with van der Waals surface area (Å²) >= 11 is 12.3. The lowest BCUT2D eigenvalue weighted by Gasteiger charge is -2.09. The Kier molecular flexibility index (Phi) is 4.80.